The van der Waals surface area contributed by atoms with Gasteiger partial charge in [-0.05, 0) is 43.8 Å². The summed E-state index contributed by atoms with van der Waals surface area (Å²) in [5.41, 5.74) is 1.38. The monoisotopic (exact) mass is 294 g/mol. The summed E-state index contributed by atoms with van der Waals surface area (Å²) >= 11 is 0. The molecule has 0 heterocycles. The predicted octanol–water partition coefficient (Wildman–Crippen LogP) is 4.83. The minimum absolute atomic E-state index is 0.451. The van der Waals surface area contributed by atoms with Crippen LogP contribution in [-0.4, -0.2) is 7.85 Å². The summed E-state index contributed by atoms with van der Waals surface area (Å²) in [5, 5.41) is 0. The lowest BCUT2D eigenvalue weighted by molar-refractivity contribution is 0.398. The fourth-order valence-corrected chi connectivity index (χ4v) is 3.44. The molecule has 2 aliphatic rings. The van der Waals surface area contributed by atoms with E-state index in [1.54, 1.807) is 0 Å². The molecule has 2 unspecified atom stereocenters. The van der Waals surface area contributed by atoms with Gasteiger partial charge in [0.2, 0.25) is 0 Å². The van der Waals surface area contributed by atoms with Gasteiger partial charge in [0, 0.05) is 11.1 Å². The fourth-order valence-electron chi connectivity index (χ4n) is 3.44. The molecule has 1 aromatic rings. The molecule has 0 bridgehead atoms. The quantitative estimate of drug-likeness (QED) is 0.317. The van der Waals surface area contributed by atoms with Gasteiger partial charge < -0.3 is 0 Å². The van der Waals surface area contributed by atoms with E-state index >= 15 is 0 Å². The van der Waals surface area contributed by atoms with Crippen LogP contribution < -0.4 is 0 Å². The minimum atomic E-state index is -1.35. The van der Waals surface area contributed by atoms with Gasteiger partial charge in [-0.2, -0.15) is 0 Å². The molecule has 2 atom stereocenters. The molecule has 0 aromatic heterocycles. The summed E-state index contributed by atoms with van der Waals surface area (Å²) in [7, 11) is 5.41. The zero-order valence-electron chi connectivity index (χ0n) is 11.8. The molecule has 0 N–H and O–H groups in total. The Bertz CT molecular complexity index is 605. The summed E-state index contributed by atoms with van der Waals surface area (Å²) in [6.07, 6.45) is 3.76. The van der Waals surface area contributed by atoms with Crippen LogP contribution >= 0.6 is 0 Å². The lowest BCUT2D eigenvalue weighted by atomic mass is 9.71. The third kappa shape index (κ3) is 2.21. The van der Waals surface area contributed by atoms with Crippen molar-refractivity contribution in [2.75, 3.05) is 0 Å². The summed E-state index contributed by atoms with van der Waals surface area (Å²) in [5.74, 6) is -6.87. The van der Waals surface area contributed by atoms with Crippen molar-refractivity contribution < 1.29 is 17.6 Å². The van der Waals surface area contributed by atoms with Crippen LogP contribution in [-0.2, 0) is 0 Å². The molecule has 0 nitrogen and oxygen atoms in total. The Morgan fingerprint density at radius 3 is 1.90 bits per heavy atom. The van der Waals surface area contributed by atoms with Gasteiger partial charge in [0.15, 0.2) is 23.3 Å². The number of allylic oxidation sites excluding steroid dienone is 2. The molecule has 2 radical (unpaired) electrons. The second-order valence-electron chi connectivity index (χ2n) is 6.02. The fraction of sp³-hybridized carbons (Fsp3) is 0.500. The zero-order valence-corrected chi connectivity index (χ0v) is 11.8. The maximum absolute atomic E-state index is 14.2. The topological polar surface area (TPSA) is 0 Å². The van der Waals surface area contributed by atoms with Crippen molar-refractivity contribution in [2.45, 2.75) is 50.8 Å². The molecule has 0 amide bonds. The SMILES string of the molecule is [B]C(C)c1c(F)c(F)c(C2CCC3=C(CC3)C2)c(F)c1F. The maximum Gasteiger partial charge on any atom is 0.165 e. The summed E-state index contributed by atoms with van der Waals surface area (Å²) < 4.78 is 56.5. The molecular formula is C16H15BF4. The highest BCUT2D eigenvalue weighted by atomic mass is 19.2. The average Bonchev–Trinajstić information content (AvgIpc) is 2.39. The second-order valence-corrected chi connectivity index (χ2v) is 6.02. The average molecular weight is 294 g/mol. The Kier molecular flexibility index (Phi) is 3.62. The summed E-state index contributed by atoms with van der Waals surface area (Å²) in [4.78, 5) is 0. The molecule has 0 saturated heterocycles. The first-order valence-corrected chi connectivity index (χ1v) is 7.22. The van der Waals surface area contributed by atoms with Gasteiger partial charge in [-0.3, -0.25) is 0 Å². The van der Waals surface area contributed by atoms with Crippen LogP contribution in [0.15, 0.2) is 11.1 Å². The van der Waals surface area contributed by atoms with Crippen LogP contribution in [0.1, 0.15) is 61.9 Å². The zero-order chi connectivity index (χ0) is 15.3. The van der Waals surface area contributed by atoms with E-state index < -0.39 is 46.1 Å². The van der Waals surface area contributed by atoms with Crippen LogP contribution in [0.5, 0.6) is 0 Å². The largest absolute Gasteiger partial charge is 0.203 e. The van der Waals surface area contributed by atoms with E-state index in [4.69, 9.17) is 7.85 Å². The number of benzene rings is 1. The number of halogens is 4. The van der Waals surface area contributed by atoms with Gasteiger partial charge in [-0.15, -0.1) is 0 Å². The van der Waals surface area contributed by atoms with Crippen LogP contribution in [0, 0.1) is 23.3 Å². The first kappa shape index (κ1) is 14.7. The van der Waals surface area contributed by atoms with Crippen molar-refractivity contribution in [2.24, 2.45) is 0 Å². The molecule has 2 aliphatic carbocycles. The Labute approximate surface area is 122 Å². The van der Waals surface area contributed by atoms with Gasteiger partial charge >= 0.3 is 0 Å². The molecule has 1 aromatic carbocycles. The summed E-state index contributed by atoms with van der Waals surface area (Å²) in [6.45, 7) is 1.30. The van der Waals surface area contributed by atoms with Crippen LogP contribution in [0.3, 0.4) is 0 Å². The predicted molar refractivity (Wildman–Crippen MR) is 73.3 cm³/mol. The van der Waals surface area contributed by atoms with Crippen molar-refractivity contribution in [3.63, 3.8) is 0 Å². The first-order valence-electron chi connectivity index (χ1n) is 7.22. The number of rotatable bonds is 2. The van der Waals surface area contributed by atoms with Crippen molar-refractivity contribution in [3.05, 3.63) is 45.5 Å². The van der Waals surface area contributed by atoms with E-state index in [-0.39, 0.29) is 0 Å². The molecule has 21 heavy (non-hydrogen) atoms. The van der Waals surface area contributed by atoms with Gasteiger partial charge in [-0.25, -0.2) is 17.6 Å². The third-order valence-corrected chi connectivity index (χ3v) is 4.71. The van der Waals surface area contributed by atoms with E-state index in [0.29, 0.717) is 12.8 Å². The molecule has 5 heteroatoms. The summed E-state index contributed by atoms with van der Waals surface area (Å²) in [6, 6.07) is 0. The standard InChI is InChI=1S/C16H15BF4/c1-7(17)11-13(18)15(20)12(16(21)14(11)19)10-5-3-8-2-4-9(8)6-10/h7,10H,2-6H2,1H3. The molecule has 0 spiro atoms. The van der Waals surface area contributed by atoms with Gasteiger partial charge in [0.25, 0.3) is 0 Å². The first-order chi connectivity index (χ1) is 9.91. The highest BCUT2D eigenvalue weighted by molar-refractivity contribution is 6.12. The van der Waals surface area contributed by atoms with Gasteiger partial charge in [0.05, 0.1) is 7.85 Å². The Balaban J connectivity index is 2.07. The van der Waals surface area contributed by atoms with Gasteiger partial charge in [0.1, 0.15) is 0 Å². The number of hydrogen-bond acceptors (Lipinski definition) is 0. The normalized spacial score (nSPS) is 22.8. The van der Waals surface area contributed by atoms with E-state index in [1.807, 2.05) is 0 Å². The number of hydrogen-bond donors (Lipinski definition) is 0. The van der Waals surface area contributed by atoms with Crippen molar-refractivity contribution in [1.82, 2.24) is 0 Å². The Morgan fingerprint density at radius 2 is 1.48 bits per heavy atom. The molecule has 0 saturated carbocycles. The Hall–Kier alpha value is -1.26. The maximum atomic E-state index is 14.2. The minimum Gasteiger partial charge on any atom is -0.203 e. The second kappa shape index (κ2) is 5.18. The van der Waals surface area contributed by atoms with Crippen molar-refractivity contribution in [1.29, 1.82) is 0 Å². The van der Waals surface area contributed by atoms with E-state index in [2.05, 4.69) is 0 Å². The van der Waals surface area contributed by atoms with E-state index in [9.17, 15) is 17.6 Å². The lowest BCUT2D eigenvalue weighted by Gasteiger charge is -2.34. The molecule has 0 fully saturated rings. The van der Waals surface area contributed by atoms with Crippen molar-refractivity contribution in [3.8, 4) is 0 Å². The molecular weight excluding hydrogens is 279 g/mol. The Morgan fingerprint density at radius 1 is 0.905 bits per heavy atom. The van der Waals surface area contributed by atoms with E-state index in [0.717, 1.165) is 19.3 Å². The third-order valence-electron chi connectivity index (χ3n) is 4.71. The highest BCUT2D eigenvalue weighted by Gasteiger charge is 2.34. The van der Waals surface area contributed by atoms with Gasteiger partial charge in [-0.1, -0.05) is 18.1 Å². The van der Waals surface area contributed by atoms with Crippen molar-refractivity contribution >= 4 is 7.85 Å². The molecule has 0 aliphatic heterocycles. The molecule has 110 valence electrons. The van der Waals surface area contributed by atoms with E-state index in [1.165, 1.54) is 18.1 Å². The smallest absolute Gasteiger partial charge is 0.165 e. The van der Waals surface area contributed by atoms with Crippen LogP contribution in [0.2, 0.25) is 0 Å². The lowest BCUT2D eigenvalue weighted by Crippen LogP contribution is -2.20. The highest BCUT2D eigenvalue weighted by Crippen LogP contribution is 2.47. The van der Waals surface area contributed by atoms with Crippen LogP contribution in [0.4, 0.5) is 17.6 Å². The van der Waals surface area contributed by atoms with Crippen LogP contribution in [0.25, 0.3) is 0 Å². The molecule has 3 rings (SSSR count).